The Morgan fingerprint density at radius 2 is 1.10 bits per heavy atom. The zero-order valence-corrected chi connectivity index (χ0v) is 48.0. The maximum Gasteiger partial charge on any atom is 0.488 e. The Morgan fingerprint density at radius 3 is 1.57 bits per heavy atom. The molecule has 3 N–H and O–H groups in total. The van der Waals surface area contributed by atoms with E-state index in [9.17, 15) is 34.3 Å². The zero-order chi connectivity index (χ0) is 58.5. The maximum absolute atomic E-state index is 13.7. The highest BCUT2D eigenvalue weighted by molar-refractivity contribution is 6.59. The van der Waals surface area contributed by atoms with Crippen LogP contribution in [0.25, 0.3) is 33.4 Å². The van der Waals surface area contributed by atoms with Gasteiger partial charge in [-0.3, -0.25) is 14.3 Å². The van der Waals surface area contributed by atoms with Gasteiger partial charge >= 0.3 is 19.1 Å². The Morgan fingerprint density at radius 1 is 0.614 bits per heavy atom. The van der Waals surface area contributed by atoms with Crippen LogP contribution >= 0.6 is 46.4 Å². The highest BCUT2D eigenvalue weighted by Crippen LogP contribution is 2.42. The number of anilines is 2. The Kier molecular flexibility index (Phi) is 18.5. The van der Waals surface area contributed by atoms with E-state index in [0.717, 1.165) is 50.2 Å². The number of carboxylic acids is 1. The molecule has 0 spiro atoms. The maximum atomic E-state index is 13.7. The third-order valence-corrected chi connectivity index (χ3v) is 15.7. The van der Waals surface area contributed by atoms with Crippen LogP contribution in [-0.4, -0.2) is 153 Å². The van der Waals surface area contributed by atoms with Gasteiger partial charge in [0, 0.05) is 67.3 Å². The van der Waals surface area contributed by atoms with Crippen molar-refractivity contribution in [3.63, 3.8) is 0 Å². The van der Waals surface area contributed by atoms with Crippen LogP contribution in [0.5, 0.6) is 11.5 Å². The summed E-state index contributed by atoms with van der Waals surface area (Å²) in [6.45, 7) is 6.33. The number of rotatable bonds is 13. The lowest BCUT2D eigenvalue weighted by atomic mass is 9.80. The van der Waals surface area contributed by atoms with Crippen molar-refractivity contribution in [1.29, 1.82) is 0 Å². The minimum atomic E-state index is -1.77. The average molecular weight is 1210 g/mol. The van der Waals surface area contributed by atoms with Crippen molar-refractivity contribution in [2.75, 3.05) is 96.7 Å². The van der Waals surface area contributed by atoms with Gasteiger partial charge in [0.25, 0.3) is 11.8 Å². The van der Waals surface area contributed by atoms with Gasteiger partial charge in [0.05, 0.1) is 120 Å². The van der Waals surface area contributed by atoms with Gasteiger partial charge < -0.3 is 63.2 Å². The number of carboxylic acid groups (broad SMARTS) is 1. The predicted octanol–water partition coefficient (Wildman–Crippen LogP) is 8.65. The number of nitrogens with zero attached hydrogens (tertiary/aromatic N) is 6. The van der Waals surface area contributed by atoms with Crippen molar-refractivity contribution in [2.24, 2.45) is 0 Å². The molecule has 0 radical (unpaired) electrons. The molecule has 7 aromatic rings. The second-order valence-corrected chi connectivity index (χ2v) is 21.3. The zero-order valence-electron chi connectivity index (χ0n) is 45.0. The van der Waals surface area contributed by atoms with Gasteiger partial charge in [-0.15, -0.1) is 0 Å². The molecular formula is C59H55BCl4N6O13. The standard InChI is InChI=1S/C32H30Cl2N4O6.C27H25BCl2N2O7/c1-42-10-9-38-18-23(16-35-38)22-13-26(33)29(27(34)14-22)31(39)37-17-21-3-2-4-24(30(21)44-19-37)20-5-6-25(32(40)41)28(15-20)36-7-11-43-12-8-36;1-37-27(34)20-6-5-16(11-23(20)31-7-9-38-10-8-31)19-4-2-3-17-14-32(15-39-25(17)19)26(33)24-21(29)12-18(28(35)36)13-22(24)30/h2-6,13-16,18H,7-12,17,19H2,1H3,(H,40,41);2-6,11-13,35-36H,7-10,14-15H2,1H3. The lowest BCUT2D eigenvalue weighted by molar-refractivity contribution is 0.0509. The highest BCUT2D eigenvalue weighted by Gasteiger charge is 2.32. The first-order chi connectivity index (χ1) is 40.1. The smallest absolute Gasteiger partial charge is 0.478 e. The molecule has 11 rings (SSSR count). The molecule has 4 aliphatic heterocycles. The van der Waals surface area contributed by atoms with E-state index in [2.05, 4.69) is 10.00 Å². The predicted molar refractivity (Wildman–Crippen MR) is 315 cm³/mol. The van der Waals surface area contributed by atoms with E-state index in [1.165, 1.54) is 24.1 Å². The number of aromatic nitrogens is 2. The van der Waals surface area contributed by atoms with Crippen molar-refractivity contribution in [2.45, 2.75) is 19.6 Å². The van der Waals surface area contributed by atoms with Gasteiger partial charge in [-0.2, -0.15) is 5.10 Å². The molecule has 2 fully saturated rings. The van der Waals surface area contributed by atoms with E-state index in [1.807, 2.05) is 65.7 Å². The Hall–Kier alpha value is -7.37. The summed E-state index contributed by atoms with van der Waals surface area (Å²) in [5.74, 6) is -0.916. The number of carbonyl (C=O) groups is 4. The van der Waals surface area contributed by atoms with Crippen LogP contribution in [0, 0.1) is 0 Å². The number of morpholine rings is 2. The van der Waals surface area contributed by atoms with Gasteiger partial charge in [-0.05, 0) is 70.7 Å². The fourth-order valence-corrected chi connectivity index (χ4v) is 11.6. The molecule has 1 aromatic heterocycles. The van der Waals surface area contributed by atoms with Crippen molar-refractivity contribution >= 4 is 94.1 Å². The van der Waals surface area contributed by atoms with E-state index in [0.29, 0.717) is 88.5 Å². The summed E-state index contributed by atoms with van der Waals surface area (Å²) in [6, 6.07) is 28.3. The molecule has 0 bridgehead atoms. The Balaban J connectivity index is 0.000000187. The molecule has 19 nitrogen and oxygen atoms in total. The SMILES string of the molecule is COC(=O)c1ccc(-c2cccc3c2OCN(C(=O)c2c(Cl)cc(B(O)O)cc2Cl)C3)cc1N1CCOCC1.COCCn1cc(-c2cc(Cl)c(C(=O)N3COc4c(cccc4-c4ccc(C(=O)O)c(N5CCOCC5)c4)C3)c(Cl)c2)cn1. The van der Waals surface area contributed by atoms with Crippen molar-refractivity contribution in [3.05, 3.63) is 163 Å². The van der Waals surface area contributed by atoms with Crippen LogP contribution in [0.15, 0.2) is 109 Å². The Bertz CT molecular complexity index is 3570. The lowest BCUT2D eigenvalue weighted by Gasteiger charge is -2.32. The first-order valence-electron chi connectivity index (χ1n) is 26.3. The number of hydrogen-bond donors (Lipinski definition) is 3. The molecule has 6 aromatic carbocycles. The number of para-hydroxylation sites is 2. The van der Waals surface area contributed by atoms with E-state index < -0.39 is 25.0 Å². The first-order valence-corrected chi connectivity index (χ1v) is 27.8. The molecule has 0 aliphatic carbocycles. The van der Waals surface area contributed by atoms with Crippen LogP contribution in [-0.2, 0) is 38.6 Å². The quantitative estimate of drug-likeness (QED) is 0.0727. The average Bonchev–Trinajstić information content (AvgIpc) is 4.15. The number of ether oxygens (including phenoxy) is 6. The molecule has 430 valence electrons. The summed E-state index contributed by atoms with van der Waals surface area (Å²) in [5.41, 5.74) is 8.91. The van der Waals surface area contributed by atoms with Gasteiger partial charge in [0.1, 0.15) is 11.5 Å². The van der Waals surface area contributed by atoms with Gasteiger partial charge in [-0.25, -0.2) is 9.59 Å². The van der Waals surface area contributed by atoms with Crippen molar-refractivity contribution in [3.8, 4) is 44.9 Å². The minimum absolute atomic E-state index is 0.00689. The Labute approximate surface area is 498 Å². The van der Waals surface area contributed by atoms with Crippen LogP contribution in [0.4, 0.5) is 11.4 Å². The largest absolute Gasteiger partial charge is 0.488 e. The molecule has 4 aliphatic rings. The van der Waals surface area contributed by atoms with Crippen LogP contribution in [0.1, 0.15) is 52.6 Å². The number of esters is 1. The number of amides is 2. The topological polar surface area (TPSA) is 215 Å². The fourth-order valence-electron chi connectivity index (χ4n) is 10.3. The first kappa shape index (κ1) is 58.8. The molecule has 0 atom stereocenters. The summed E-state index contributed by atoms with van der Waals surface area (Å²) in [6.07, 6.45) is 3.58. The van der Waals surface area contributed by atoms with Crippen LogP contribution in [0.2, 0.25) is 20.1 Å². The second kappa shape index (κ2) is 26.1. The molecular weight excluding hydrogens is 1150 g/mol. The van der Waals surface area contributed by atoms with E-state index in [4.69, 9.17) is 74.8 Å². The number of aromatic carboxylic acids is 1. The number of benzene rings is 6. The van der Waals surface area contributed by atoms with Crippen LogP contribution in [0.3, 0.4) is 0 Å². The summed E-state index contributed by atoms with van der Waals surface area (Å²) < 4.78 is 35.1. The fraction of sp³-hybridized carbons (Fsp3) is 0.271. The lowest BCUT2D eigenvalue weighted by Crippen LogP contribution is -2.38. The van der Waals surface area contributed by atoms with E-state index >= 15 is 0 Å². The molecule has 24 heteroatoms. The number of methoxy groups -OCH3 is 2. The highest BCUT2D eigenvalue weighted by atomic mass is 35.5. The third-order valence-electron chi connectivity index (χ3n) is 14.5. The summed E-state index contributed by atoms with van der Waals surface area (Å²) in [7, 11) is 1.23. The van der Waals surface area contributed by atoms with Gasteiger partial charge in [0.15, 0.2) is 13.5 Å². The number of fused-ring (bicyclic) bond motifs is 2. The number of hydrogen-bond acceptors (Lipinski definition) is 15. The molecule has 2 amide bonds. The van der Waals surface area contributed by atoms with Crippen molar-refractivity contribution in [1.82, 2.24) is 19.6 Å². The van der Waals surface area contributed by atoms with Gasteiger partial charge in [-0.1, -0.05) is 94.9 Å². The molecule has 0 saturated carbocycles. The third kappa shape index (κ3) is 12.8. The monoisotopic (exact) mass is 1210 g/mol. The summed E-state index contributed by atoms with van der Waals surface area (Å²) in [4.78, 5) is 58.6. The molecule has 83 heavy (non-hydrogen) atoms. The second-order valence-electron chi connectivity index (χ2n) is 19.6. The van der Waals surface area contributed by atoms with Crippen molar-refractivity contribution < 1.29 is 62.8 Å². The number of carbonyl (C=O) groups excluding carboxylic acids is 3. The van der Waals surface area contributed by atoms with Crippen LogP contribution < -0.4 is 24.7 Å². The minimum Gasteiger partial charge on any atom is -0.478 e. The normalized spacial score (nSPS) is 14.8. The van der Waals surface area contributed by atoms with E-state index in [1.54, 1.807) is 53.2 Å². The summed E-state index contributed by atoms with van der Waals surface area (Å²) >= 11 is 25.8. The van der Waals surface area contributed by atoms with E-state index in [-0.39, 0.29) is 74.7 Å². The number of halogens is 4. The molecule has 2 saturated heterocycles. The summed E-state index contributed by atoms with van der Waals surface area (Å²) in [5, 5.41) is 33.5. The molecule has 5 heterocycles. The van der Waals surface area contributed by atoms with Gasteiger partial charge in [0.2, 0.25) is 0 Å². The molecule has 0 unspecified atom stereocenters.